The van der Waals surface area contributed by atoms with Crippen molar-refractivity contribution >= 4 is 35.3 Å². The summed E-state index contributed by atoms with van der Waals surface area (Å²) in [7, 11) is 0. The van der Waals surface area contributed by atoms with Crippen molar-refractivity contribution in [2.45, 2.75) is 62.7 Å². The monoisotopic (exact) mass is 521 g/mol. The van der Waals surface area contributed by atoms with E-state index in [1.165, 1.54) is 0 Å². The molecule has 3 aliphatic heterocycles. The molecule has 4 heterocycles. The molecule has 2 aromatic rings. The number of amides is 4. The Bertz CT molecular complexity index is 1140. The Morgan fingerprint density at radius 1 is 1.11 bits per heavy atom. The van der Waals surface area contributed by atoms with Crippen molar-refractivity contribution in [1.82, 2.24) is 19.7 Å². The van der Waals surface area contributed by atoms with Gasteiger partial charge in [0.1, 0.15) is 5.37 Å². The van der Waals surface area contributed by atoms with Gasteiger partial charge in [0.15, 0.2) is 0 Å². The molecule has 0 bridgehead atoms. The van der Waals surface area contributed by atoms with Gasteiger partial charge < -0.3 is 20.0 Å². The maximum atomic E-state index is 13.4. The second-order valence-corrected chi connectivity index (χ2v) is 11.8. The van der Waals surface area contributed by atoms with E-state index in [2.05, 4.69) is 24.1 Å². The molecule has 0 saturated carbocycles. The average molecular weight is 522 g/mol. The summed E-state index contributed by atoms with van der Waals surface area (Å²) in [6.07, 6.45) is 4.35. The minimum Gasteiger partial charge on any atom is -0.342 e. The fourth-order valence-electron chi connectivity index (χ4n) is 5.33. The van der Waals surface area contributed by atoms with Crippen molar-refractivity contribution in [2.75, 3.05) is 25.0 Å². The lowest BCUT2D eigenvalue weighted by Crippen LogP contribution is -2.51. The average Bonchev–Trinajstić information content (AvgIpc) is 3.22. The van der Waals surface area contributed by atoms with Gasteiger partial charge >= 0.3 is 6.03 Å². The second kappa shape index (κ2) is 11.1. The molecule has 4 amide bonds. The summed E-state index contributed by atoms with van der Waals surface area (Å²) >= 11 is 1.55. The summed E-state index contributed by atoms with van der Waals surface area (Å²) in [5, 5.41) is 2.44. The van der Waals surface area contributed by atoms with Gasteiger partial charge in [-0.2, -0.15) is 0 Å². The number of anilines is 1. The third-order valence-corrected chi connectivity index (χ3v) is 8.95. The van der Waals surface area contributed by atoms with Gasteiger partial charge in [0.25, 0.3) is 0 Å². The van der Waals surface area contributed by atoms with E-state index in [0.717, 1.165) is 36.2 Å². The first kappa shape index (κ1) is 25.6. The molecule has 3 aliphatic rings. The van der Waals surface area contributed by atoms with E-state index in [-0.39, 0.29) is 35.7 Å². The zero-order valence-electron chi connectivity index (χ0n) is 21.5. The van der Waals surface area contributed by atoms with Crippen LogP contribution < -0.4 is 5.32 Å². The Labute approximate surface area is 222 Å². The van der Waals surface area contributed by atoms with Crippen molar-refractivity contribution in [3.05, 3.63) is 59.9 Å². The quantitative estimate of drug-likeness (QED) is 0.580. The van der Waals surface area contributed by atoms with Crippen LogP contribution in [-0.2, 0) is 16.1 Å². The van der Waals surface area contributed by atoms with E-state index in [0.29, 0.717) is 32.1 Å². The van der Waals surface area contributed by atoms with Crippen molar-refractivity contribution in [2.24, 2.45) is 5.92 Å². The Morgan fingerprint density at radius 2 is 1.86 bits per heavy atom. The first-order valence-corrected chi connectivity index (χ1v) is 14.1. The summed E-state index contributed by atoms with van der Waals surface area (Å²) in [6.45, 7) is 6.76. The summed E-state index contributed by atoms with van der Waals surface area (Å²) in [4.78, 5) is 49.5. The van der Waals surface area contributed by atoms with Gasteiger partial charge in [0.05, 0.1) is 10.9 Å². The van der Waals surface area contributed by atoms with Crippen LogP contribution >= 0.6 is 11.8 Å². The van der Waals surface area contributed by atoms with Crippen LogP contribution in [0.3, 0.4) is 0 Å². The smallest absolute Gasteiger partial charge is 0.322 e. The number of pyridine rings is 1. The predicted molar refractivity (Wildman–Crippen MR) is 145 cm³/mol. The molecule has 5 rings (SSSR count). The SMILES string of the molecule is CC(C)CCN1C(=O)C(CC(=O)N2CCC(N3Cc4ccccc4NC3=O)CC2)SC1c1ccccn1. The van der Waals surface area contributed by atoms with Gasteiger partial charge in [-0.1, -0.05) is 38.1 Å². The van der Waals surface area contributed by atoms with Gasteiger partial charge in [0.2, 0.25) is 11.8 Å². The minimum absolute atomic E-state index is 0.0169. The molecule has 1 N–H and O–H groups in total. The number of piperidine rings is 1. The first-order valence-electron chi connectivity index (χ1n) is 13.2. The lowest BCUT2D eigenvalue weighted by molar-refractivity contribution is -0.137. The number of aromatic nitrogens is 1. The lowest BCUT2D eigenvalue weighted by Gasteiger charge is -2.40. The van der Waals surface area contributed by atoms with Gasteiger partial charge in [-0.05, 0) is 48.9 Å². The molecule has 2 unspecified atom stereocenters. The molecule has 196 valence electrons. The van der Waals surface area contributed by atoms with Gasteiger partial charge in [0, 0.05) is 50.5 Å². The van der Waals surface area contributed by atoms with E-state index >= 15 is 0 Å². The van der Waals surface area contributed by atoms with Crippen molar-refractivity contribution in [3.63, 3.8) is 0 Å². The third-order valence-electron chi connectivity index (χ3n) is 7.50. The molecule has 2 fully saturated rings. The third kappa shape index (κ3) is 5.61. The van der Waals surface area contributed by atoms with E-state index in [9.17, 15) is 14.4 Å². The van der Waals surface area contributed by atoms with Crippen LogP contribution in [0.25, 0.3) is 0 Å². The van der Waals surface area contributed by atoms with E-state index < -0.39 is 5.25 Å². The summed E-state index contributed by atoms with van der Waals surface area (Å²) in [6, 6.07) is 13.7. The summed E-state index contributed by atoms with van der Waals surface area (Å²) in [5.74, 6) is 0.538. The number of rotatable bonds is 7. The van der Waals surface area contributed by atoms with Crippen LogP contribution in [0.4, 0.5) is 10.5 Å². The van der Waals surface area contributed by atoms with Crippen molar-refractivity contribution in [1.29, 1.82) is 0 Å². The Morgan fingerprint density at radius 3 is 2.59 bits per heavy atom. The number of urea groups is 1. The van der Waals surface area contributed by atoms with Crippen LogP contribution in [-0.4, -0.2) is 68.5 Å². The van der Waals surface area contributed by atoms with Crippen molar-refractivity contribution < 1.29 is 14.4 Å². The largest absolute Gasteiger partial charge is 0.342 e. The maximum Gasteiger partial charge on any atom is 0.322 e. The lowest BCUT2D eigenvalue weighted by atomic mass is 10.0. The highest BCUT2D eigenvalue weighted by molar-refractivity contribution is 8.01. The number of carbonyl (C=O) groups excluding carboxylic acids is 3. The van der Waals surface area contributed by atoms with E-state index in [1.807, 2.05) is 57.2 Å². The number of hydrogen-bond donors (Lipinski definition) is 1. The zero-order valence-corrected chi connectivity index (χ0v) is 22.3. The molecule has 0 spiro atoms. The maximum absolute atomic E-state index is 13.4. The normalized spacial score (nSPS) is 22.4. The van der Waals surface area contributed by atoms with Crippen LogP contribution in [0.1, 0.15) is 56.2 Å². The second-order valence-electron chi connectivity index (χ2n) is 10.5. The van der Waals surface area contributed by atoms with Gasteiger partial charge in [-0.3, -0.25) is 14.6 Å². The first-order chi connectivity index (χ1) is 17.9. The highest BCUT2D eigenvalue weighted by Crippen LogP contribution is 2.44. The number of thioether (sulfide) groups is 1. The van der Waals surface area contributed by atoms with Gasteiger partial charge in [-0.25, -0.2) is 4.79 Å². The molecule has 1 aromatic carbocycles. The zero-order chi connectivity index (χ0) is 25.9. The van der Waals surface area contributed by atoms with Crippen LogP contribution in [0.5, 0.6) is 0 Å². The fraction of sp³-hybridized carbons (Fsp3) is 0.500. The van der Waals surface area contributed by atoms with Crippen LogP contribution in [0.15, 0.2) is 48.7 Å². The molecule has 1 aromatic heterocycles. The molecule has 9 heteroatoms. The molecular formula is C28H35N5O3S. The summed E-state index contributed by atoms with van der Waals surface area (Å²) in [5.41, 5.74) is 2.85. The number of hydrogen-bond acceptors (Lipinski definition) is 5. The number of benzene rings is 1. The number of likely N-dealkylation sites (tertiary alicyclic amines) is 1. The van der Waals surface area contributed by atoms with E-state index in [4.69, 9.17) is 0 Å². The van der Waals surface area contributed by atoms with E-state index in [1.54, 1.807) is 18.0 Å². The molecular weight excluding hydrogens is 486 g/mol. The predicted octanol–water partition coefficient (Wildman–Crippen LogP) is 4.50. The number of para-hydroxylation sites is 1. The van der Waals surface area contributed by atoms with Crippen molar-refractivity contribution in [3.8, 4) is 0 Å². The Kier molecular flexibility index (Phi) is 7.69. The number of nitrogens with zero attached hydrogens (tertiary/aromatic N) is 4. The molecule has 2 atom stereocenters. The van der Waals surface area contributed by atoms with Crippen LogP contribution in [0.2, 0.25) is 0 Å². The highest BCUT2D eigenvalue weighted by atomic mass is 32.2. The topological polar surface area (TPSA) is 85.9 Å². The minimum atomic E-state index is -0.395. The number of nitrogens with one attached hydrogen (secondary N) is 1. The fourth-order valence-corrected chi connectivity index (χ4v) is 6.77. The standard InChI is InChI=1S/C28H35N5O3S/c1-19(2)10-16-32-26(35)24(37-27(32)23-9-5-6-13-29-23)17-25(34)31-14-11-21(12-15-31)33-18-20-7-3-4-8-22(20)30-28(33)36/h3-9,13,19,21,24,27H,10-12,14-18H2,1-2H3,(H,30,36). The molecule has 8 nitrogen and oxygen atoms in total. The Hall–Kier alpha value is -3.07. The Balaban J connectivity index is 1.18. The number of fused-ring (bicyclic) bond motifs is 1. The molecule has 2 saturated heterocycles. The highest BCUT2D eigenvalue weighted by Gasteiger charge is 2.43. The number of carbonyl (C=O) groups is 3. The van der Waals surface area contributed by atoms with Crippen LogP contribution in [0, 0.1) is 5.92 Å². The molecule has 0 radical (unpaired) electrons. The molecule has 37 heavy (non-hydrogen) atoms. The summed E-state index contributed by atoms with van der Waals surface area (Å²) < 4.78 is 0. The molecule has 0 aliphatic carbocycles. The van der Waals surface area contributed by atoms with Gasteiger partial charge in [-0.15, -0.1) is 11.8 Å².